The first-order valence-electron chi connectivity index (χ1n) is 11.8. The van der Waals surface area contributed by atoms with Crippen molar-refractivity contribution in [3.8, 4) is 11.1 Å². The maximum Gasteiger partial charge on any atom is 0.231 e. The molecule has 2 aromatic carbocycles. The second kappa shape index (κ2) is 9.09. The van der Waals surface area contributed by atoms with Gasteiger partial charge >= 0.3 is 0 Å². The Hall–Kier alpha value is -3.81. The Kier molecular flexibility index (Phi) is 5.96. The molecular weight excluding hydrogens is 448 g/mol. The van der Waals surface area contributed by atoms with Crippen molar-refractivity contribution in [3.05, 3.63) is 71.7 Å². The van der Waals surface area contributed by atoms with Crippen molar-refractivity contribution in [2.75, 3.05) is 17.2 Å². The largest absolute Gasteiger partial charge is 0.383 e. The number of carbonyl (C=O) groups is 1. The number of halogens is 2. The maximum atomic E-state index is 14.1. The first-order valence-corrected chi connectivity index (χ1v) is 11.8. The molecule has 1 aliphatic heterocycles. The van der Waals surface area contributed by atoms with Crippen LogP contribution in [-0.2, 0) is 24.2 Å². The van der Waals surface area contributed by atoms with Crippen LogP contribution in [0.1, 0.15) is 31.4 Å². The highest BCUT2D eigenvalue weighted by molar-refractivity contribution is 6.02. The zero-order chi connectivity index (χ0) is 24.7. The van der Waals surface area contributed by atoms with Crippen molar-refractivity contribution in [1.29, 1.82) is 0 Å². The fourth-order valence-corrected chi connectivity index (χ4v) is 4.70. The van der Waals surface area contributed by atoms with E-state index in [1.54, 1.807) is 4.90 Å². The minimum atomic E-state index is -0.580. The molecule has 8 heteroatoms. The van der Waals surface area contributed by atoms with Gasteiger partial charge in [0.05, 0.1) is 11.8 Å². The minimum absolute atomic E-state index is 0.0600. The Labute approximate surface area is 202 Å². The van der Waals surface area contributed by atoms with E-state index in [0.717, 1.165) is 64.6 Å². The average molecular weight is 476 g/mol. The second-order valence-corrected chi connectivity index (χ2v) is 9.43. The number of aromatic nitrogens is 3. The molecule has 3 heterocycles. The van der Waals surface area contributed by atoms with E-state index in [2.05, 4.69) is 40.6 Å². The second-order valence-electron chi connectivity index (χ2n) is 9.43. The van der Waals surface area contributed by atoms with Crippen LogP contribution in [-0.4, -0.2) is 27.0 Å². The third kappa shape index (κ3) is 4.36. The summed E-state index contributed by atoms with van der Waals surface area (Å²) in [5.41, 5.74) is 10.9. The van der Waals surface area contributed by atoms with Crippen LogP contribution in [0.15, 0.2) is 48.9 Å². The maximum absolute atomic E-state index is 14.1. The number of carbonyl (C=O) groups excluding carboxylic acids is 1. The van der Waals surface area contributed by atoms with E-state index < -0.39 is 11.6 Å². The van der Waals surface area contributed by atoms with Crippen LogP contribution >= 0.6 is 0 Å². The molecule has 1 amide bonds. The third-order valence-electron chi connectivity index (χ3n) is 6.57. The summed E-state index contributed by atoms with van der Waals surface area (Å²) in [5.74, 6) is -0.411. The highest BCUT2D eigenvalue weighted by Gasteiger charge is 2.26. The van der Waals surface area contributed by atoms with Gasteiger partial charge in [0.2, 0.25) is 5.91 Å². The summed E-state index contributed by atoms with van der Waals surface area (Å²) in [6.45, 7) is 5.70. The molecule has 0 spiro atoms. The first kappa shape index (κ1) is 23.0. The molecule has 0 saturated heterocycles. The molecule has 0 atom stereocenters. The molecule has 1 aliphatic rings. The van der Waals surface area contributed by atoms with Gasteiger partial charge in [-0.25, -0.2) is 18.7 Å². The van der Waals surface area contributed by atoms with E-state index >= 15 is 0 Å². The molecule has 0 saturated carbocycles. The van der Waals surface area contributed by atoms with Gasteiger partial charge in [-0.2, -0.15) is 0 Å². The van der Waals surface area contributed by atoms with E-state index in [-0.39, 0.29) is 17.9 Å². The van der Waals surface area contributed by atoms with Gasteiger partial charge in [0.1, 0.15) is 29.4 Å². The number of hydrogen-bond acceptors (Lipinski definition) is 4. The first-order chi connectivity index (χ1) is 16.8. The molecule has 2 aromatic heterocycles. The van der Waals surface area contributed by atoms with Crippen LogP contribution in [0, 0.1) is 17.6 Å². The van der Waals surface area contributed by atoms with E-state index in [4.69, 9.17) is 5.73 Å². The predicted molar refractivity (Wildman–Crippen MR) is 133 cm³/mol. The lowest BCUT2D eigenvalue weighted by Crippen LogP contribution is -2.30. The monoisotopic (exact) mass is 475 g/mol. The Bertz CT molecular complexity index is 1430. The number of amides is 1. The zero-order valence-corrected chi connectivity index (χ0v) is 19.8. The van der Waals surface area contributed by atoms with Crippen LogP contribution < -0.4 is 10.6 Å². The Balaban J connectivity index is 1.46. The van der Waals surface area contributed by atoms with Crippen molar-refractivity contribution in [1.82, 2.24) is 14.5 Å². The summed E-state index contributed by atoms with van der Waals surface area (Å²) in [7, 11) is 0. The summed E-state index contributed by atoms with van der Waals surface area (Å²) in [5, 5.41) is 0.823. The molecule has 0 unspecified atom stereocenters. The van der Waals surface area contributed by atoms with Crippen molar-refractivity contribution >= 4 is 28.4 Å². The van der Waals surface area contributed by atoms with E-state index in [0.29, 0.717) is 24.7 Å². The third-order valence-corrected chi connectivity index (χ3v) is 6.57. The summed E-state index contributed by atoms with van der Waals surface area (Å²) < 4.78 is 29.7. The standard InChI is InChI=1S/C27H27F2N5O/c1-16(2)7-9-33-14-21(25-26(30)31-15-32-27(25)33)17-3-6-23-18(11-17)8-10-34(23)24(35)13-19-12-20(28)4-5-22(19)29/h3-6,11-12,14-16H,7-10,13H2,1-2H3,(H2,30,31,32). The molecule has 2 N–H and O–H groups in total. The van der Waals surface area contributed by atoms with Crippen molar-refractivity contribution < 1.29 is 13.6 Å². The molecule has 6 nitrogen and oxygen atoms in total. The van der Waals surface area contributed by atoms with Crippen LogP contribution in [0.4, 0.5) is 20.3 Å². The molecule has 180 valence electrons. The van der Waals surface area contributed by atoms with Crippen LogP contribution in [0.3, 0.4) is 0 Å². The minimum Gasteiger partial charge on any atom is -0.383 e. The number of benzene rings is 2. The van der Waals surface area contributed by atoms with Gasteiger partial charge in [0.25, 0.3) is 0 Å². The lowest BCUT2D eigenvalue weighted by molar-refractivity contribution is -0.117. The van der Waals surface area contributed by atoms with Crippen LogP contribution in [0.2, 0.25) is 0 Å². The number of fused-ring (bicyclic) bond motifs is 2. The highest BCUT2D eigenvalue weighted by atomic mass is 19.1. The van der Waals surface area contributed by atoms with Crippen molar-refractivity contribution in [2.24, 2.45) is 5.92 Å². The van der Waals surface area contributed by atoms with Gasteiger partial charge in [-0.05, 0) is 60.2 Å². The van der Waals surface area contributed by atoms with Gasteiger partial charge in [-0.1, -0.05) is 19.9 Å². The van der Waals surface area contributed by atoms with E-state index in [9.17, 15) is 13.6 Å². The normalized spacial score (nSPS) is 13.1. The number of hydrogen-bond donors (Lipinski definition) is 1. The smallest absolute Gasteiger partial charge is 0.231 e. The van der Waals surface area contributed by atoms with Gasteiger partial charge in [0, 0.05) is 36.1 Å². The summed E-state index contributed by atoms with van der Waals surface area (Å²) >= 11 is 0. The average Bonchev–Trinajstić information content (AvgIpc) is 3.42. The summed E-state index contributed by atoms with van der Waals surface area (Å²) in [4.78, 5) is 23.3. The number of nitrogen functional groups attached to an aromatic ring is 1. The van der Waals surface area contributed by atoms with Crippen LogP contribution in [0.5, 0.6) is 0 Å². The number of nitrogens with zero attached hydrogens (tertiary/aromatic N) is 4. The van der Waals surface area contributed by atoms with Gasteiger partial charge < -0.3 is 15.2 Å². The zero-order valence-electron chi connectivity index (χ0n) is 19.8. The number of anilines is 2. The quantitative estimate of drug-likeness (QED) is 0.419. The highest BCUT2D eigenvalue weighted by Crippen LogP contribution is 2.37. The Morgan fingerprint density at radius 2 is 1.97 bits per heavy atom. The molecule has 35 heavy (non-hydrogen) atoms. The molecule has 0 aliphatic carbocycles. The lowest BCUT2D eigenvalue weighted by Gasteiger charge is -2.18. The molecule has 0 fully saturated rings. The lowest BCUT2D eigenvalue weighted by atomic mass is 10.0. The fraction of sp³-hybridized carbons (Fsp3) is 0.296. The number of nitrogens with two attached hydrogens (primary N) is 1. The molecular formula is C27H27F2N5O. The van der Waals surface area contributed by atoms with E-state index in [1.807, 2.05) is 12.1 Å². The van der Waals surface area contributed by atoms with Gasteiger partial charge in [0.15, 0.2) is 0 Å². The number of aryl methyl sites for hydroxylation is 1. The Morgan fingerprint density at radius 1 is 1.14 bits per heavy atom. The van der Waals surface area contributed by atoms with Crippen molar-refractivity contribution in [2.45, 2.75) is 39.7 Å². The topological polar surface area (TPSA) is 77.0 Å². The fourth-order valence-electron chi connectivity index (χ4n) is 4.70. The molecule has 0 radical (unpaired) electrons. The summed E-state index contributed by atoms with van der Waals surface area (Å²) in [6, 6.07) is 9.12. The molecule has 0 bridgehead atoms. The predicted octanol–water partition coefficient (Wildman–Crippen LogP) is 5.14. The van der Waals surface area contributed by atoms with Gasteiger partial charge in [-0.3, -0.25) is 4.79 Å². The molecule has 4 aromatic rings. The molecule has 5 rings (SSSR count). The van der Waals surface area contributed by atoms with E-state index in [1.165, 1.54) is 6.33 Å². The number of rotatable bonds is 6. The Morgan fingerprint density at radius 3 is 2.77 bits per heavy atom. The van der Waals surface area contributed by atoms with Crippen LogP contribution in [0.25, 0.3) is 22.2 Å². The van der Waals surface area contributed by atoms with Crippen molar-refractivity contribution in [3.63, 3.8) is 0 Å². The van der Waals surface area contributed by atoms with Gasteiger partial charge in [-0.15, -0.1) is 0 Å². The SMILES string of the molecule is CC(C)CCn1cc(-c2ccc3c(c2)CCN3C(=O)Cc2cc(F)ccc2F)c2c(N)ncnc21. The summed E-state index contributed by atoms with van der Waals surface area (Å²) in [6.07, 6.45) is 5.06.